The van der Waals surface area contributed by atoms with Crippen molar-refractivity contribution in [3.8, 4) is 0 Å². The lowest BCUT2D eigenvalue weighted by Crippen LogP contribution is -2.30. The van der Waals surface area contributed by atoms with Gasteiger partial charge in [-0.3, -0.25) is 23.4 Å². The van der Waals surface area contributed by atoms with Crippen LogP contribution >= 0.6 is 7.82 Å². The van der Waals surface area contributed by atoms with Crippen LogP contribution in [0.5, 0.6) is 0 Å². The van der Waals surface area contributed by atoms with E-state index in [0.29, 0.717) is 19.3 Å². The Hall–Kier alpha value is -3.08. The molecule has 0 fully saturated rings. The van der Waals surface area contributed by atoms with Gasteiger partial charge in [0.25, 0.3) is 0 Å². The number of hydrogen-bond acceptors (Lipinski definition) is 10. The Morgan fingerprint density at radius 2 is 0.750 bits per heavy atom. The van der Waals surface area contributed by atoms with Crippen LogP contribution < -0.4 is 0 Å². The third-order valence-electron chi connectivity index (χ3n) is 12.1. The Balaban J connectivity index is 4.74. The second-order valence-corrected chi connectivity index (χ2v) is 20.5. The fraction of sp³-hybridized carbons (Fsp3) is 0.750. The molecule has 3 atom stereocenters. The number of phosphoric acid groups is 1. The molecular weight excluding hydrogens is 928 g/mol. The number of aliphatic hydroxyl groups excluding tert-OH is 1. The Labute approximate surface area is 439 Å². The summed E-state index contributed by atoms with van der Waals surface area (Å²) in [5.41, 5.74) is 0. The smallest absolute Gasteiger partial charge is 0.462 e. The van der Waals surface area contributed by atoms with Gasteiger partial charge in [0.15, 0.2) is 6.10 Å². The Morgan fingerprint density at radius 1 is 0.403 bits per heavy atom. The van der Waals surface area contributed by atoms with Crippen LogP contribution in [0, 0.1) is 0 Å². The average molecular weight is 1030 g/mol. The van der Waals surface area contributed by atoms with Crippen molar-refractivity contribution in [3.05, 3.63) is 72.9 Å². The molecule has 11 nitrogen and oxygen atoms in total. The maximum Gasteiger partial charge on any atom is 0.472 e. The zero-order valence-electron chi connectivity index (χ0n) is 45.9. The van der Waals surface area contributed by atoms with Crippen molar-refractivity contribution in [2.24, 2.45) is 0 Å². The number of carbonyl (C=O) groups excluding carboxylic acids is 3. The van der Waals surface area contributed by atoms with Crippen LogP contribution in [0.2, 0.25) is 0 Å². The van der Waals surface area contributed by atoms with Crippen LogP contribution in [0.15, 0.2) is 72.9 Å². The van der Waals surface area contributed by atoms with E-state index in [2.05, 4.69) is 93.7 Å². The molecule has 3 unspecified atom stereocenters. The lowest BCUT2D eigenvalue weighted by atomic mass is 10.1. The summed E-state index contributed by atoms with van der Waals surface area (Å²) in [6.45, 7) is 4.44. The van der Waals surface area contributed by atoms with Gasteiger partial charge in [-0.2, -0.15) is 0 Å². The molecule has 0 saturated heterocycles. The summed E-state index contributed by atoms with van der Waals surface area (Å²) in [7, 11) is -4.76. The fourth-order valence-corrected chi connectivity index (χ4v) is 8.48. The molecule has 0 rings (SSSR count). The molecule has 0 saturated carbocycles. The van der Waals surface area contributed by atoms with Crippen LogP contribution in [-0.4, -0.2) is 66.5 Å². The van der Waals surface area contributed by atoms with E-state index in [1.54, 1.807) is 0 Å². The number of phosphoric ester groups is 1. The quantitative estimate of drug-likeness (QED) is 0.0197. The summed E-state index contributed by atoms with van der Waals surface area (Å²) >= 11 is 0. The number of esters is 3. The van der Waals surface area contributed by atoms with E-state index >= 15 is 0 Å². The van der Waals surface area contributed by atoms with Crippen molar-refractivity contribution in [2.45, 2.75) is 264 Å². The summed E-state index contributed by atoms with van der Waals surface area (Å²) in [6.07, 6.45) is 60.0. The third-order valence-corrected chi connectivity index (χ3v) is 13.0. The summed E-state index contributed by atoms with van der Waals surface area (Å²) in [5.74, 6) is -1.50. The number of unbranched alkanes of at least 4 members (excludes halogenated alkanes) is 24. The minimum atomic E-state index is -4.76. The van der Waals surface area contributed by atoms with E-state index in [4.69, 9.17) is 23.3 Å². The van der Waals surface area contributed by atoms with E-state index in [0.717, 1.165) is 141 Å². The number of carbonyl (C=O) groups is 3. The highest BCUT2D eigenvalue weighted by atomic mass is 31.2. The predicted molar refractivity (Wildman–Crippen MR) is 298 cm³/mol. The minimum absolute atomic E-state index is 0.151. The molecule has 0 heterocycles. The standard InChI is InChI=1S/C60H105O11P/c1-4-7-10-13-16-19-22-25-27-28-30-33-36-39-42-45-48-51-60(64)71-57(53-67-58(62)49-46-43-40-37-34-31-24-21-18-15-12-9-6-3)55-69-72(65,66)68-54-56(52-61)70-59(63)50-47-44-41-38-35-32-29-26-23-20-17-14-11-8-5-2/h7,10,12,15-16,19,21,24-27,29,56-57,61H,4-6,8-9,11,13-14,17-18,20,22-23,28,30-55H2,1-3H3,(H,65,66)/b10-7-,15-12-,19-16-,24-21-,27-25-,29-26-. The number of rotatable bonds is 53. The Kier molecular flexibility index (Phi) is 51.9. The van der Waals surface area contributed by atoms with Crippen molar-refractivity contribution in [1.29, 1.82) is 0 Å². The van der Waals surface area contributed by atoms with Crippen LogP contribution in [0.1, 0.15) is 252 Å². The molecule has 0 aliphatic carbocycles. The Morgan fingerprint density at radius 3 is 1.18 bits per heavy atom. The van der Waals surface area contributed by atoms with Gasteiger partial charge < -0.3 is 24.2 Å². The van der Waals surface area contributed by atoms with Gasteiger partial charge in [0.05, 0.1) is 19.8 Å². The summed E-state index contributed by atoms with van der Waals surface area (Å²) < 4.78 is 39.5. The molecular formula is C60H105O11P. The molecule has 72 heavy (non-hydrogen) atoms. The second kappa shape index (κ2) is 54.2. The van der Waals surface area contributed by atoms with Crippen LogP contribution in [0.3, 0.4) is 0 Å². The molecule has 0 bridgehead atoms. The lowest BCUT2D eigenvalue weighted by Gasteiger charge is -2.21. The summed E-state index contributed by atoms with van der Waals surface area (Å²) in [4.78, 5) is 48.5. The molecule has 0 aliphatic rings. The highest BCUT2D eigenvalue weighted by molar-refractivity contribution is 7.47. The molecule has 0 aromatic rings. The first kappa shape index (κ1) is 68.9. The van der Waals surface area contributed by atoms with Gasteiger partial charge in [0.1, 0.15) is 12.7 Å². The third kappa shape index (κ3) is 51.8. The monoisotopic (exact) mass is 1030 g/mol. The zero-order valence-corrected chi connectivity index (χ0v) is 46.8. The normalized spacial score (nSPS) is 13.9. The van der Waals surface area contributed by atoms with Gasteiger partial charge in [0, 0.05) is 19.3 Å². The fourth-order valence-electron chi connectivity index (χ4n) is 7.70. The van der Waals surface area contributed by atoms with Gasteiger partial charge in [0.2, 0.25) is 0 Å². The van der Waals surface area contributed by atoms with Gasteiger partial charge in [-0.25, -0.2) is 4.57 Å². The molecule has 0 spiro atoms. The van der Waals surface area contributed by atoms with Crippen molar-refractivity contribution < 1.29 is 52.2 Å². The highest BCUT2D eigenvalue weighted by Gasteiger charge is 2.28. The van der Waals surface area contributed by atoms with Crippen molar-refractivity contribution >= 4 is 25.7 Å². The molecule has 0 aliphatic heterocycles. The average Bonchev–Trinajstić information content (AvgIpc) is 3.37. The SMILES string of the molecule is CC/C=C\C/C=C\C/C=C\CCCCCCCCCC(=O)OC(COC(=O)CCCCCCC/C=C\C/C=C\CCC)COP(=O)(O)OCC(CO)OC(=O)CCCCCCC/C=C\CCCCCCCC. The van der Waals surface area contributed by atoms with E-state index in [1.165, 1.54) is 51.4 Å². The van der Waals surface area contributed by atoms with E-state index in [1.807, 2.05) is 0 Å². The highest BCUT2D eigenvalue weighted by Crippen LogP contribution is 2.43. The maximum atomic E-state index is 12.9. The number of ether oxygens (including phenoxy) is 3. The first-order chi connectivity index (χ1) is 35.2. The summed E-state index contributed by atoms with van der Waals surface area (Å²) in [5, 5.41) is 9.81. The number of hydrogen-bond donors (Lipinski definition) is 2. The van der Waals surface area contributed by atoms with Gasteiger partial charge in [-0.05, 0) is 103 Å². The van der Waals surface area contributed by atoms with Gasteiger partial charge in [-0.1, -0.05) is 203 Å². The van der Waals surface area contributed by atoms with Gasteiger partial charge >= 0.3 is 25.7 Å². The molecule has 0 radical (unpaired) electrons. The second-order valence-electron chi connectivity index (χ2n) is 19.1. The molecule has 0 aromatic carbocycles. The topological polar surface area (TPSA) is 155 Å². The van der Waals surface area contributed by atoms with Crippen LogP contribution in [0.25, 0.3) is 0 Å². The predicted octanol–water partition coefficient (Wildman–Crippen LogP) is 16.9. The lowest BCUT2D eigenvalue weighted by molar-refractivity contribution is -0.161. The Bertz CT molecular complexity index is 1490. The largest absolute Gasteiger partial charge is 0.472 e. The molecule has 416 valence electrons. The van der Waals surface area contributed by atoms with Crippen molar-refractivity contribution in [2.75, 3.05) is 26.4 Å². The molecule has 0 amide bonds. The number of aliphatic hydroxyl groups is 1. The van der Waals surface area contributed by atoms with E-state index < -0.39 is 57.8 Å². The molecule has 0 aromatic heterocycles. The minimum Gasteiger partial charge on any atom is -0.462 e. The molecule has 2 N–H and O–H groups in total. The van der Waals surface area contributed by atoms with Crippen molar-refractivity contribution in [3.63, 3.8) is 0 Å². The summed E-state index contributed by atoms with van der Waals surface area (Å²) in [6, 6.07) is 0. The van der Waals surface area contributed by atoms with E-state index in [9.17, 15) is 28.9 Å². The van der Waals surface area contributed by atoms with E-state index in [-0.39, 0.29) is 25.9 Å². The zero-order chi connectivity index (χ0) is 52.7. The molecule has 12 heteroatoms. The van der Waals surface area contributed by atoms with Crippen LogP contribution in [-0.2, 0) is 42.2 Å². The van der Waals surface area contributed by atoms with Crippen molar-refractivity contribution in [1.82, 2.24) is 0 Å². The van der Waals surface area contributed by atoms with Crippen LogP contribution in [0.4, 0.5) is 0 Å². The number of allylic oxidation sites excluding steroid dienone is 12. The first-order valence-electron chi connectivity index (χ1n) is 28.8. The van der Waals surface area contributed by atoms with Gasteiger partial charge in [-0.15, -0.1) is 0 Å². The first-order valence-corrected chi connectivity index (χ1v) is 30.3. The maximum absolute atomic E-state index is 12.9.